The lowest BCUT2D eigenvalue weighted by molar-refractivity contribution is -0.131. The van der Waals surface area contributed by atoms with E-state index in [-0.39, 0.29) is 41.9 Å². The number of ether oxygens (including phenoxy) is 3. The maximum absolute atomic E-state index is 13.4. The smallest absolute Gasteiger partial charge is 0.475 e. The van der Waals surface area contributed by atoms with Gasteiger partial charge in [-0.05, 0) is 104 Å². The van der Waals surface area contributed by atoms with Crippen LogP contribution in [0.25, 0.3) is 0 Å². The summed E-state index contributed by atoms with van der Waals surface area (Å²) in [6, 6.07) is 26.9. The van der Waals surface area contributed by atoms with Gasteiger partial charge in [-0.15, -0.1) is 0 Å². The average Bonchev–Trinajstić information content (AvgIpc) is 3.34. The van der Waals surface area contributed by atoms with Crippen LogP contribution in [0.2, 0.25) is 0 Å². The molecule has 0 bridgehead atoms. The summed E-state index contributed by atoms with van der Waals surface area (Å²) in [6.45, 7) is 7.77. The molecule has 0 fully saturated rings. The van der Waals surface area contributed by atoms with Crippen molar-refractivity contribution in [2.24, 2.45) is 23.7 Å². The summed E-state index contributed by atoms with van der Waals surface area (Å²) in [5.74, 6) is -0.929. The molecule has 0 aliphatic heterocycles. The number of benzene rings is 4. The van der Waals surface area contributed by atoms with Crippen LogP contribution in [0.1, 0.15) is 86.8 Å². The first-order valence-corrected chi connectivity index (χ1v) is 24.4. The SMILES string of the molecule is COc1ccc(OC)c2c1CCC(C(=O)N[C@@H](Cc1ccccc1)C(=O)N[C@@H](CC(C)C)B(O)O)C2.COc1cccc2c1CC(C(=O)N[C@@H](Cc1ccccc1)C(=O)N[C@@H](CC(C)C)B(O)O)CC2. The van der Waals surface area contributed by atoms with E-state index in [9.17, 15) is 39.3 Å². The fourth-order valence-corrected chi connectivity index (χ4v) is 9.38. The number of carbonyl (C=O) groups excluding carboxylic acids is 4. The Hall–Kier alpha value is -5.87. The summed E-state index contributed by atoms with van der Waals surface area (Å²) >= 11 is 0. The van der Waals surface area contributed by atoms with Crippen molar-refractivity contribution in [1.29, 1.82) is 0 Å². The van der Waals surface area contributed by atoms with Gasteiger partial charge >= 0.3 is 14.2 Å². The van der Waals surface area contributed by atoms with Gasteiger partial charge in [0.25, 0.3) is 0 Å². The van der Waals surface area contributed by atoms with Crippen LogP contribution in [0.3, 0.4) is 0 Å². The number of nitrogens with one attached hydrogen (secondary N) is 4. The van der Waals surface area contributed by atoms with Crippen molar-refractivity contribution in [2.75, 3.05) is 21.3 Å². The predicted molar refractivity (Wildman–Crippen MR) is 271 cm³/mol. The molecule has 0 spiro atoms. The van der Waals surface area contributed by atoms with E-state index in [0.717, 1.165) is 51.5 Å². The van der Waals surface area contributed by atoms with E-state index < -0.39 is 50.0 Å². The fourth-order valence-electron chi connectivity index (χ4n) is 9.38. The molecule has 2 aliphatic rings. The molecule has 0 saturated carbocycles. The van der Waals surface area contributed by atoms with Crippen molar-refractivity contribution in [2.45, 2.75) is 116 Å². The van der Waals surface area contributed by atoms with Crippen LogP contribution in [0, 0.1) is 23.7 Å². The standard InChI is InChI=1S/C27H37BN2O6.C26H35BN2O5/c1-17(2)14-25(28(33)34)30-27(32)22(15-18-8-6-5-7-9-18)29-26(31)19-10-11-20-21(16-19)24(36-4)13-12-23(20)35-3;1-17(2)14-24(27(32)33)29-26(31)22(15-18-8-5-4-6-9-18)28-25(30)20-13-12-19-10-7-11-23(34-3)21(19)16-20/h5-9,12-13,17,19,22,25,33-34H,10-11,14-16H2,1-4H3,(H,29,31)(H,30,32);4-11,17,20,22,24,32-33H,12-16H2,1-3H3,(H,28,30)(H,29,31)/t19?,22-,25-;20?,22-,24-/m00/s1. The van der Waals surface area contributed by atoms with E-state index in [4.69, 9.17) is 14.2 Å². The molecule has 0 radical (unpaired) electrons. The number of fused-ring (bicyclic) bond motifs is 2. The minimum atomic E-state index is -1.69. The highest BCUT2D eigenvalue weighted by Gasteiger charge is 2.35. The van der Waals surface area contributed by atoms with Gasteiger partial charge in [0, 0.05) is 35.8 Å². The van der Waals surface area contributed by atoms with E-state index in [2.05, 4.69) is 27.3 Å². The zero-order valence-corrected chi connectivity index (χ0v) is 41.7. The molecular weight excluding hydrogens is 890 g/mol. The molecular formula is C53H72B2N4O11. The molecule has 4 amide bonds. The van der Waals surface area contributed by atoms with E-state index in [1.54, 1.807) is 21.3 Å². The number of hydrogen-bond donors (Lipinski definition) is 8. The largest absolute Gasteiger partial charge is 0.496 e. The first-order chi connectivity index (χ1) is 33.5. The molecule has 0 heterocycles. The Morgan fingerprint density at radius 3 is 1.37 bits per heavy atom. The fraction of sp³-hybridized carbons (Fsp3) is 0.472. The summed E-state index contributed by atoms with van der Waals surface area (Å²) in [4.78, 5) is 53.1. The Bertz CT molecular complexity index is 2300. The van der Waals surface area contributed by atoms with Crippen molar-refractivity contribution in [1.82, 2.24) is 21.3 Å². The third-order valence-corrected chi connectivity index (χ3v) is 13.0. The highest BCUT2D eigenvalue weighted by Crippen LogP contribution is 2.38. The van der Waals surface area contributed by atoms with E-state index in [1.165, 1.54) is 5.56 Å². The van der Waals surface area contributed by atoms with Gasteiger partial charge in [-0.2, -0.15) is 0 Å². The molecule has 8 N–H and O–H groups in total. The second-order valence-corrected chi connectivity index (χ2v) is 19.2. The number of aryl methyl sites for hydroxylation is 1. The highest BCUT2D eigenvalue weighted by atomic mass is 16.5. The molecule has 0 aromatic heterocycles. The molecule has 6 atom stereocenters. The Morgan fingerprint density at radius 1 is 0.529 bits per heavy atom. The first kappa shape index (κ1) is 55.1. The van der Waals surface area contributed by atoms with Crippen LogP contribution in [0.15, 0.2) is 91.0 Å². The number of amides is 4. The molecule has 376 valence electrons. The molecule has 4 aromatic rings. The van der Waals surface area contributed by atoms with Crippen molar-refractivity contribution >= 4 is 37.9 Å². The van der Waals surface area contributed by atoms with Crippen molar-refractivity contribution in [3.8, 4) is 17.2 Å². The predicted octanol–water partition coefficient (Wildman–Crippen LogP) is 4.15. The monoisotopic (exact) mass is 963 g/mol. The zero-order chi connectivity index (χ0) is 50.9. The van der Waals surface area contributed by atoms with Crippen LogP contribution >= 0.6 is 0 Å². The summed E-state index contributed by atoms with van der Waals surface area (Å²) in [7, 11) is 1.49. The van der Waals surface area contributed by atoms with Crippen LogP contribution in [-0.4, -0.2) is 103 Å². The zero-order valence-electron chi connectivity index (χ0n) is 41.7. The molecule has 0 saturated heterocycles. The van der Waals surface area contributed by atoms with E-state index in [1.807, 2.05) is 113 Å². The molecule has 4 aromatic carbocycles. The van der Waals surface area contributed by atoms with Crippen LogP contribution in [-0.2, 0) is 57.7 Å². The molecule has 2 unspecified atom stereocenters. The van der Waals surface area contributed by atoms with E-state index >= 15 is 0 Å². The normalized spacial score (nSPS) is 16.6. The summed E-state index contributed by atoms with van der Waals surface area (Å²) in [5, 5.41) is 50.4. The average molecular weight is 963 g/mol. The summed E-state index contributed by atoms with van der Waals surface area (Å²) in [6.07, 6.45) is 5.18. The van der Waals surface area contributed by atoms with Gasteiger partial charge < -0.3 is 55.6 Å². The molecule has 15 nitrogen and oxygen atoms in total. The van der Waals surface area contributed by atoms with Gasteiger partial charge in [0.05, 0.1) is 33.2 Å². The number of hydrogen-bond acceptors (Lipinski definition) is 11. The Kier molecular flexibility index (Phi) is 21.2. The van der Waals surface area contributed by atoms with Gasteiger partial charge in [-0.1, -0.05) is 100 Å². The molecule has 17 heteroatoms. The Balaban J connectivity index is 0.000000261. The van der Waals surface area contributed by atoms with Crippen molar-refractivity contribution in [3.63, 3.8) is 0 Å². The molecule has 2 aliphatic carbocycles. The third kappa shape index (κ3) is 15.8. The van der Waals surface area contributed by atoms with E-state index in [0.29, 0.717) is 51.4 Å². The van der Waals surface area contributed by atoms with Gasteiger partial charge in [0.15, 0.2) is 0 Å². The molecule has 70 heavy (non-hydrogen) atoms. The van der Waals surface area contributed by atoms with Crippen LogP contribution < -0.4 is 35.5 Å². The maximum Gasteiger partial charge on any atom is 0.475 e. The Labute approximate surface area is 413 Å². The highest BCUT2D eigenvalue weighted by molar-refractivity contribution is 6.44. The van der Waals surface area contributed by atoms with Gasteiger partial charge in [-0.25, -0.2) is 0 Å². The number of methoxy groups -OCH3 is 3. The van der Waals surface area contributed by atoms with Crippen molar-refractivity contribution in [3.05, 3.63) is 124 Å². The lowest BCUT2D eigenvalue weighted by atomic mass is 9.75. The van der Waals surface area contributed by atoms with Gasteiger partial charge in [0.2, 0.25) is 23.6 Å². The van der Waals surface area contributed by atoms with Crippen molar-refractivity contribution < 1.29 is 53.5 Å². The lowest BCUT2D eigenvalue weighted by Gasteiger charge is -2.29. The second-order valence-electron chi connectivity index (χ2n) is 19.2. The first-order valence-electron chi connectivity index (χ1n) is 24.4. The minimum Gasteiger partial charge on any atom is -0.496 e. The maximum atomic E-state index is 13.4. The minimum absolute atomic E-state index is 0.147. The second kappa shape index (κ2) is 26.9. The lowest BCUT2D eigenvalue weighted by Crippen LogP contribution is -2.55. The number of carbonyl (C=O) groups is 4. The summed E-state index contributed by atoms with van der Waals surface area (Å²) in [5.41, 5.74) is 6.03. The summed E-state index contributed by atoms with van der Waals surface area (Å²) < 4.78 is 16.5. The topological polar surface area (TPSA) is 225 Å². The van der Waals surface area contributed by atoms with Crippen LogP contribution in [0.5, 0.6) is 17.2 Å². The quantitative estimate of drug-likeness (QED) is 0.0554. The van der Waals surface area contributed by atoms with Gasteiger partial charge in [0.1, 0.15) is 29.3 Å². The third-order valence-electron chi connectivity index (χ3n) is 13.0. The van der Waals surface area contributed by atoms with Gasteiger partial charge in [-0.3, -0.25) is 19.2 Å². The Morgan fingerprint density at radius 2 is 0.943 bits per heavy atom. The number of rotatable bonds is 21. The molecule has 6 rings (SSSR count). The van der Waals surface area contributed by atoms with Crippen LogP contribution in [0.4, 0.5) is 0 Å².